The number of methoxy groups -OCH3 is 2. The molecule has 0 unspecified atom stereocenters. The number of ether oxygens (including phenoxy) is 2. The van der Waals surface area contributed by atoms with Crippen LogP contribution in [0.4, 0.5) is 28.8 Å². The summed E-state index contributed by atoms with van der Waals surface area (Å²) in [5.74, 6) is 0.729. The smallest absolute Gasteiger partial charge is 0.248 e. The number of amides is 1. The minimum absolute atomic E-state index is 0.179. The largest absolute Gasteiger partial charge is 0.494 e. The molecule has 188 valence electrons. The van der Waals surface area contributed by atoms with Crippen molar-refractivity contribution in [2.75, 3.05) is 42.8 Å². The maximum Gasteiger partial charge on any atom is 0.248 e. The molecular weight excluding hydrogens is 480 g/mol. The van der Waals surface area contributed by atoms with E-state index in [0.717, 1.165) is 31.6 Å². The van der Waals surface area contributed by atoms with Crippen molar-refractivity contribution in [2.24, 2.45) is 5.73 Å². The normalized spacial score (nSPS) is 13.8. The van der Waals surface area contributed by atoms with E-state index in [9.17, 15) is 4.79 Å². The Morgan fingerprint density at radius 3 is 2.58 bits per heavy atom. The quantitative estimate of drug-likeness (QED) is 0.355. The molecule has 1 saturated heterocycles. The maximum atomic E-state index is 11.7. The molecule has 1 amide bonds. The fraction of sp³-hybridized carbons (Fsp3) is 0.269. The zero-order chi connectivity index (χ0) is 25.7. The highest BCUT2D eigenvalue weighted by molar-refractivity contribution is 6.33. The summed E-state index contributed by atoms with van der Waals surface area (Å²) in [6.45, 7) is 5.62. The predicted molar refractivity (Wildman–Crippen MR) is 144 cm³/mol. The highest BCUT2D eigenvalue weighted by Crippen LogP contribution is 2.34. The van der Waals surface area contributed by atoms with Crippen LogP contribution in [0.3, 0.4) is 0 Å². The highest BCUT2D eigenvalue weighted by atomic mass is 35.5. The number of hydrogen-bond acceptors (Lipinski definition) is 8. The first-order chi connectivity index (χ1) is 17.4. The van der Waals surface area contributed by atoms with E-state index in [0.29, 0.717) is 45.6 Å². The van der Waals surface area contributed by atoms with Gasteiger partial charge in [-0.2, -0.15) is 4.98 Å². The average molecular weight is 509 g/mol. The van der Waals surface area contributed by atoms with Crippen LogP contribution in [0, 0.1) is 0 Å². The average Bonchev–Trinajstić information content (AvgIpc) is 2.90. The van der Waals surface area contributed by atoms with Gasteiger partial charge in [-0.1, -0.05) is 36.4 Å². The number of anilines is 5. The monoisotopic (exact) mass is 508 g/mol. The Balaban J connectivity index is 1.54. The number of hydrogen-bond donors (Lipinski definition) is 3. The second kappa shape index (κ2) is 11.3. The van der Waals surface area contributed by atoms with Crippen LogP contribution < -0.4 is 26.0 Å². The summed E-state index contributed by atoms with van der Waals surface area (Å²) in [5.41, 5.74) is 8.54. The third-order valence-electron chi connectivity index (χ3n) is 6.12. The first-order valence-electron chi connectivity index (χ1n) is 11.5. The van der Waals surface area contributed by atoms with Gasteiger partial charge in [0.15, 0.2) is 5.82 Å². The number of primary amides is 1. The number of piperidine rings is 1. The van der Waals surface area contributed by atoms with Crippen molar-refractivity contribution in [3.05, 3.63) is 65.8 Å². The minimum atomic E-state index is -0.612. The fourth-order valence-corrected chi connectivity index (χ4v) is 4.22. The van der Waals surface area contributed by atoms with Crippen LogP contribution >= 0.6 is 11.6 Å². The zero-order valence-corrected chi connectivity index (χ0v) is 21.0. The Kier molecular flexibility index (Phi) is 7.92. The summed E-state index contributed by atoms with van der Waals surface area (Å²) >= 11 is 6.36. The van der Waals surface area contributed by atoms with Crippen LogP contribution in [0.25, 0.3) is 5.57 Å². The van der Waals surface area contributed by atoms with Gasteiger partial charge in [-0.3, -0.25) is 4.79 Å². The molecular formula is C26H29ClN6O3. The molecule has 3 aromatic rings. The van der Waals surface area contributed by atoms with Crippen molar-refractivity contribution in [3.8, 4) is 5.75 Å². The second-order valence-corrected chi connectivity index (χ2v) is 8.74. The Labute approximate surface area is 215 Å². The van der Waals surface area contributed by atoms with E-state index in [1.807, 2.05) is 24.3 Å². The molecule has 0 atom stereocenters. The molecule has 0 spiro atoms. The van der Waals surface area contributed by atoms with Crippen molar-refractivity contribution in [1.29, 1.82) is 0 Å². The minimum Gasteiger partial charge on any atom is -0.494 e. The zero-order valence-electron chi connectivity index (χ0n) is 20.3. The third-order valence-corrected chi connectivity index (χ3v) is 6.40. The molecule has 1 aliphatic heterocycles. The Bertz CT molecular complexity index is 1260. The van der Waals surface area contributed by atoms with E-state index in [-0.39, 0.29) is 5.57 Å². The summed E-state index contributed by atoms with van der Waals surface area (Å²) in [7, 11) is 3.39. The standard InChI is InChI=1S/C26H29ClN6O3/c1-16(24(28)34)19-6-4-5-7-21(19)30-25-20(27)15-29-26(32-25)31-22-9-8-17(14-23(22)36-3)33-12-10-18(35-2)11-13-33/h4-9,14-15,18H,1,10-13H2,2-3H3,(H2,28,34)(H2,29,30,31,32). The Morgan fingerprint density at radius 1 is 1.14 bits per heavy atom. The van der Waals surface area contributed by atoms with Gasteiger partial charge in [0.2, 0.25) is 11.9 Å². The van der Waals surface area contributed by atoms with E-state index in [1.165, 1.54) is 6.20 Å². The lowest BCUT2D eigenvalue weighted by molar-refractivity contribution is -0.112. The van der Waals surface area contributed by atoms with E-state index >= 15 is 0 Å². The van der Waals surface area contributed by atoms with Crippen molar-refractivity contribution in [1.82, 2.24) is 9.97 Å². The molecule has 1 aliphatic rings. The molecule has 0 radical (unpaired) electrons. The van der Waals surface area contributed by atoms with E-state index in [2.05, 4.69) is 32.1 Å². The van der Waals surface area contributed by atoms with Crippen molar-refractivity contribution < 1.29 is 14.3 Å². The molecule has 36 heavy (non-hydrogen) atoms. The molecule has 1 fully saturated rings. The number of carbonyl (C=O) groups is 1. The lowest BCUT2D eigenvalue weighted by atomic mass is 10.0. The number of carbonyl (C=O) groups excluding carboxylic acids is 1. The molecule has 0 aliphatic carbocycles. The molecule has 1 aromatic heterocycles. The topological polar surface area (TPSA) is 115 Å². The van der Waals surface area contributed by atoms with Crippen molar-refractivity contribution >= 4 is 51.9 Å². The Morgan fingerprint density at radius 2 is 1.89 bits per heavy atom. The van der Waals surface area contributed by atoms with Crippen LogP contribution in [0.2, 0.25) is 5.02 Å². The van der Waals surface area contributed by atoms with Crippen molar-refractivity contribution in [3.63, 3.8) is 0 Å². The predicted octanol–water partition coefficient (Wildman–Crippen LogP) is 4.74. The summed E-state index contributed by atoms with van der Waals surface area (Å²) in [6.07, 6.45) is 3.78. The first-order valence-corrected chi connectivity index (χ1v) is 11.9. The van der Waals surface area contributed by atoms with Gasteiger partial charge < -0.3 is 30.7 Å². The number of nitrogens with one attached hydrogen (secondary N) is 2. The number of halogens is 1. The van der Waals surface area contributed by atoms with Gasteiger partial charge in [-0.05, 0) is 31.0 Å². The highest BCUT2D eigenvalue weighted by Gasteiger charge is 2.20. The lowest BCUT2D eigenvalue weighted by Crippen LogP contribution is -2.36. The number of rotatable bonds is 9. The van der Waals surface area contributed by atoms with Gasteiger partial charge in [-0.25, -0.2) is 4.98 Å². The lowest BCUT2D eigenvalue weighted by Gasteiger charge is -2.33. The molecule has 0 saturated carbocycles. The summed E-state index contributed by atoms with van der Waals surface area (Å²) in [4.78, 5) is 22.8. The van der Waals surface area contributed by atoms with Gasteiger partial charge in [0.25, 0.3) is 0 Å². The molecule has 2 aromatic carbocycles. The number of nitrogens with zero attached hydrogens (tertiary/aromatic N) is 3. The SMILES string of the molecule is C=C(C(N)=O)c1ccccc1Nc1nc(Nc2ccc(N3CCC(OC)CC3)cc2OC)ncc1Cl. The Hall–Kier alpha value is -3.82. The number of benzene rings is 2. The van der Waals surface area contributed by atoms with Gasteiger partial charge >= 0.3 is 0 Å². The first kappa shape index (κ1) is 25.3. The molecule has 2 heterocycles. The summed E-state index contributed by atoms with van der Waals surface area (Å²) in [6, 6.07) is 13.1. The number of para-hydroxylation sites is 1. The maximum absolute atomic E-state index is 11.7. The molecule has 4 N–H and O–H groups in total. The van der Waals surface area contributed by atoms with Crippen LogP contribution in [0.1, 0.15) is 18.4 Å². The summed E-state index contributed by atoms with van der Waals surface area (Å²) < 4.78 is 11.1. The van der Waals surface area contributed by atoms with Gasteiger partial charge in [-0.15, -0.1) is 0 Å². The van der Waals surface area contributed by atoms with Gasteiger partial charge in [0.1, 0.15) is 10.8 Å². The molecule has 9 nitrogen and oxygen atoms in total. The fourth-order valence-electron chi connectivity index (χ4n) is 4.08. The van der Waals surface area contributed by atoms with E-state index in [1.54, 1.807) is 32.4 Å². The van der Waals surface area contributed by atoms with Crippen LogP contribution in [0.5, 0.6) is 5.75 Å². The van der Waals surface area contributed by atoms with Gasteiger partial charge in [0, 0.05) is 48.8 Å². The van der Waals surface area contributed by atoms with Crippen LogP contribution in [-0.4, -0.2) is 49.3 Å². The molecule has 0 bridgehead atoms. The number of aromatic nitrogens is 2. The number of nitrogens with two attached hydrogens (primary N) is 1. The van der Waals surface area contributed by atoms with Crippen molar-refractivity contribution in [2.45, 2.75) is 18.9 Å². The third kappa shape index (κ3) is 5.69. The van der Waals surface area contributed by atoms with Crippen LogP contribution in [0.15, 0.2) is 55.2 Å². The van der Waals surface area contributed by atoms with Crippen LogP contribution in [-0.2, 0) is 9.53 Å². The van der Waals surface area contributed by atoms with E-state index < -0.39 is 5.91 Å². The second-order valence-electron chi connectivity index (χ2n) is 8.34. The molecule has 4 rings (SSSR count). The van der Waals surface area contributed by atoms with E-state index in [4.69, 9.17) is 26.8 Å². The van der Waals surface area contributed by atoms with Gasteiger partial charge in [0.05, 0.1) is 25.1 Å². The molecule has 10 heteroatoms. The summed E-state index contributed by atoms with van der Waals surface area (Å²) in [5, 5.41) is 6.66.